The highest BCUT2D eigenvalue weighted by atomic mass is 32.1. The van der Waals surface area contributed by atoms with E-state index >= 15 is 0 Å². The highest BCUT2D eigenvalue weighted by molar-refractivity contribution is 7.07. The first-order valence-electron chi connectivity index (χ1n) is 8.03. The number of carbonyl (C=O) groups is 1. The summed E-state index contributed by atoms with van der Waals surface area (Å²) in [6.45, 7) is 2.88. The van der Waals surface area contributed by atoms with Crippen LogP contribution in [-0.4, -0.2) is 39.9 Å². The van der Waals surface area contributed by atoms with Gasteiger partial charge in [-0.05, 0) is 47.0 Å². The number of hydrogen-bond donors (Lipinski definition) is 1. The Morgan fingerprint density at radius 2 is 2.12 bits per heavy atom. The highest BCUT2D eigenvalue weighted by Crippen LogP contribution is 2.16. The summed E-state index contributed by atoms with van der Waals surface area (Å²) in [7, 11) is 0. The number of likely N-dealkylation sites (tertiary alicyclic amines) is 1. The smallest absolute Gasteiger partial charge is 0.251 e. The Hall–Kier alpha value is -2.31. The summed E-state index contributed by atoms with van der Waals surface area (Å²) in [6.07, 6.45) is 4.29. The molecule has 3 aromatic rings. The zero-order valence-electron chi connectivity index (χ0n) is 13.2. The molecule has 0 radical (unpaired) electrons. The molecule has 1 aliphatic rings. The van der Waals surface area contributed by atoms with Gasteiger partial charge < -0.3 is 5.32 Å². The van der Waals surface area contributed by atoms with Crippen molar-refractivity contribution in [3.05, 3.63) is 58.5 Å². The minimum atomic E-state index is -0.0371. The van der Waals surface area contributed by atoms with Crippen LogP contribution >= 0.6 is 11.3 Å². The van der Waals surface area contributed by atoms with E-state index in [9.17, 15) is 4.79 Å². The van der Waals surface area contributed by atoms with E-state index in [1.54, 1.807) is 29.8 Å². The second-order valence-electron chi connectivity index (χ2n) is 6.09. The molecule has 1 amide bonds. The number of fused-ring (bicyclic) bond motifs is 1. The minimum absolute atomic E-state index is 0.0371. The SMILES string of the molecule is O=C(NC1CCN(Cc2ccsc2)C1)c1ccc2nccnc2c1. The van der Waals surface area contributed by atoms with Gasteiger partial charge in [-0.3, -0.25) is 19.7 Å². The Kier molecular flexibility index (Phi) is 4.23. The molecule has 4 rings (SSSR count). The van der Waals surface area contributed by atoms with Crippen molar-refractivity contribution >= 4 is 28.3 Å². The fraction of sp³-hybridized carbons (Fsp3) is 0.278. The topological polar surface area (TPSA) is 58.1 Å². The van der Waals surface area contributed by atoms with Gasteiger partial charge in [0.05, 0.1) is 11.0 Å². The first-order chi connectivity index (χ1) is 11.8. The third-order valence-electron chi connectivity index (χ3n) is 4.33. The van der Waals surface area contributed by atoms with Crippen LogP contribution in [0.2, 0.25) is 0 Å². The fourth-order valence-electron chi connectivity index (χ4n) is 3.11. The zero-order valence-corrected chi connectivity index (χ0v) is 14.0. The Balaban J connectivity index is 1.38. The molecule has 1 fully saturated rings. The molecular formula is C18H18N4OS. The molecule has 1 N–H and O–H groups in total. The summed E-state index contributed by atoms with van der Waals surface area (Å²) in [6, 6.07) is 7.82. The lowest BCUT2D eigenvalue weighted by Gasteiger charge is -2.16. The van der Waals surface area contributed by atoms with Crippen LogP contribution in [0.1, 0.15) is 22.3 Å². The minimum Gasteiger partial charge on any atom is -0.348 e. The van der Waals surface area contributed by atoms with Crippen molar-refractivity contribution in [1.29, 1.82) is 0 Å². The standard InChI is InChI=1S/C18H18N4OS/c23-18(14-1-2-16-17(9-14)20-6-5-19-16)21-15-3-7-22(11-15)10-13-4-8-24-12-13/h1-2,4-6,8-9,12,15H,3,7,10-11H2,(H,21,23). The van der Waals surface area contributed by atoms with Gasteiger partial charge in [0, 0.05) is 43.6 Å². The molecule has 0 spiro atoms. The molecule has 1 aromatic carbocycles. The lowest BCUT2D eigenvalue weighted by molar-refractivity contribution is 0.0938. The molecule has 6 heteroatoms. The van der Waals surface area contributed by atoms with Gasteiger partial charge in [0.1, 0.15) is 0 Å². The number of carbonyl (C=O) groups excluding carboxylic acids is 1. The van der Waals surface area contributed by atoms with Gasteiger partial charge in [-0.15, -0.1) is 0 Å². The van der Waals surface area contributed by atoms with Gasteiger partial charge >= 0.3 is 0 Å². The van der Waals surface area contributed by atoms with Crippen LogP contribution in [0.5, 0.6) is 0 Å². The van der Waals surface area contributed by atoms with Gasteiger partial charge in [0.25, 0.3) is 5.91 Å². The number of rotatable bonds is 4. The molecule has 0 saturated carbocycles. The lowest BCUT2D eigenvalue weighted by atomic mass is 10.1. The Bertz CT molecular complexity index is 849. The van der Waals surface area contributed by atoms with Crippen LogP contribution < -0.4 is 5.32 Å². The van der Waals surface area contributed by atoms with Crippen molar-refractivity contribution in [2.75, 3.05) is 13.1 Å². The number of benzene rings is 1. The van der Waals surface area contributed by atoms with Crippen LogP contribution in [0.15, 0.2) is 47.4 Å². The molecule has 3 heterocycles. The van der Waals surface area contributed by atoms with E-state index in [1.165, 1.54) is 5.56 Å². The van der Waals surface area contributed by atoms with E-state index in [-0.39, 0.29) is 11.9 Å². The number of aromatic nitrogens is 2. The number of amides is 1. The molecule has 1 aliphatic heterocycles. The monoisotopic (exact) mass is 338 g/mol. The van der Waals surface area contributed by atoms with Crippen LogP contribution in [0.4, 0.5) is 0 Å². The van der Waals surface area contributed by atoms with E-state index in [0.717, 1.165) is 37.1 Å². The van der Waals surface area contributed by atoms with Crippen LogP contribution in [0, 0.1) is 0 Å². The van der Waals surface area contributed by atoms with Gasteiger partial charge in [-0.2, -0.15) is 11.3 Å². The second kappa shape index (κ2) is 6.67. The molecule has 0 bridgehead atoms. The summed E-state index contributed by atoms with van der Waals surface area (Å²) in [5.74, 6) is -0.0371. The third-order valence-corrected chi connectivity index (χ3v) is 5.06. The van der Waals surface area contributed by atoms with E-state index in [4.69, 9.17) is 0 Å². The summed E-state index contributed by atoms with van der Waals surface area (Å²) in [5, 5.41) is 7.43. The number of nitrogens with one attached hydrogen (secondary N) is 1. The van der Waals surface area contributed by atoms with E-state index < -0.39 is 0 Å². The van der Waals surface area contributed by atoms with Gasteiger partial charge in [0.15, 0.2) is 0 Å². The van der Waals surface area contributed by atoms with E-state index in [2.05, 4.69) is 37.0 Å². The molecule has 122 valence electrons. The molecule has 0 aliphatic carbocycles. The van der Waals surface area contributed by atoms with Crippen molar-refractivity contribution < 1.29 is 4.79 Å². The fourth-order valence-corrected chi connectivity index (χ4v) is 3.77. The maximum atomic E-state index is 12.5. The summed E-state index contributed by atoms with van der Waals surface area (Å²) in [5.41, 5.74) is 3.53. The quantitative estimate of drug-likeness (QED) is 0.795. The van der Waals surface area contributed by atoms with Gasteiger partial charge in [-0.1, -0.05) is 0 Å². The number of hydrogen-bond acceptors (Lipinski definition) is 5. The number of thiophene rings is 1. The normalized spacial score (nSPS) is 18.1. The van der Waals surface area contributed by atoms with Crippen LogP contribution in [0.25, 0.3) is 11.0 Å². The summed E-state index contributed by atoms with van der Waals surface area (Å²) >= 11 is 1.73. The largest absolute Gasteiger partial charge is 0.348 e. The Morgan fingerprint density at radius 1 is 1.25 bits per heavy atom. The zero-order chi connectivity index (χ0) is 16.4. The molecule has 1 saturated heterocycles. The van der Waals surface area contributed by atoms with Gasteiger partial charge in [-0.25, -0.2) is 0 Å². The summed E-state index contributed by atoms with van der Waals surface area (Å²) in [4.78, 5) is 23.4. The predicted octanol–water partition coefficient (Wildman–Crippen LogP) is 2.70. The number of nitrogens with zero attached hydrogens (tertiary/aromatic N) is 3. The molecule has 2 aromatic heterocycles. The maximum absolute atomic E-state index is 12.5. The summed E-state index contributed by atoms with van der Waals surface area (Å²) < 4.78 is 0. The van der Waals surface area contributed by atoms with Crippen LogP contribution in [0.3, 0.4) is 0 Å². The van der Waals surface area contributed by atoms with Crippen LogP contribution in [-0.2, 0) is 6.54 Å². The predicted molar refractivity (Wildman–Crippen MR) is 95.0 cm³/mol. The Morgan fingerprint density at radius 3 is 2.96 bits per heavy atom. The molecule has 24 heavy (non-hydrogen) atoms. The second-order valence-corrected chi connectivity index (χ2v) is 6.87. The van der Waals surface area contributed by atoms with Crippen molar-refractivity contribution in [1.82, 2.24) is 20.2 Å². The third kappa shape index (κ3) is 3.29. The first-order valence-corrected chi connectivity index (χ1v) is 8.97. The molecule has 1 unspecified atom stereocenters. The van der Waals surface area contributed by atoms with E-state index in [0.29, 0.717) is 5.56 Å². The average molecular weight is 338 g/mol. The van der Waals surface area contributed by atoms with Crippen molar-refractivity contribution in [2.24, 2.45) is 0 Å². The molecule has 1 atom stereocenters. The van der Waals surface area contributed by atoms with E-state index in [1.807, 2.05) is 12.1 Å². The lowest BCUT2D eigenvalue weighted by Crippen LogP contribution is -2.36. The maximum Gasteiger partial charge on any atom is 0.251 e. The molecule has 5 nitrogen and oxygen atoms in total. The van der Waals surface area contributed by atoms with Crippen molar-refractivity contribution in [3.63, 3.8) is 0 Å². The van der Waals surface area contributed by atoms with Crippen molar-refractivity contribution in [3.8, 4) is 0 Å². The molecular weight excluding hydrogens is 320 g/mol. The Labute approximate surface area is 144 Å². The highest BCUT2D eigenvalue weighted by Gasteiger charge is 2.24. The first kappa shape index (κ1) is 15.2. The van der Waals surface area contributed by atoms with Gasteiger partial charge in [0.2, 0.25) is 0 Å². The van der Waals surface area contributed by atoms with Crippen molar-refractivity contribution in [2.45, 2.75) is 19.0 Å². The average Bonchev–Trinajstić information content (AvgIpc) is 3.27.